The molecule has 0 fully saturated rings. The minimum atomic E-state index is -0.649. The van der Waals surface area contributed by atoms with Crippen molar-refractivity contribution in [3.63, 3.8) is 0 Å². The second-order valence-electron chi connectivity index (χ2n) is 5.94. The molecule has 5 nitrogen and oxygen atoms in total. The first kappa shape index (κ1) is 18.0. The topological polar surface area (TPSA) is 66.2 Å². The van der Waals surface area contributed by atoms with Crippen LogP contribution in [0.15, 0.2) is 29.6 Å². The summed E-state index contributed by atoms with van der Waals surface area (Å²) in [5.41, 5.74) is 1.29. The highest BCUT2D eigenvalue weighted by Crippen LogP contribution is 2.22. The first-order chi connectivity index (χ1) is 11.4. The second kappa shape index (κ2) is 7.93. The van der Waals surface area contributed by atoms with Crippen LogP contribution in [0.1, 0.15) is 30.1 Å². The number of likely N-dealkylation sites (N-methyl/N-ethyl adjacent to an activating group) is 1. The lowest BCUT2D eigenvalue weighted by molar-refractivity contribution is -0.139. The number of para-hydroxylation sites is 1. The summed E-state index contributed by atoms with van der Waals surface area (Å²) in [6.07, 6.45) is -0.649. The summed E-state index contributed by atoms with van der Waals surface area (Å²) in [5, 5.41) is 12.1. The molecular formula is C18H21N3O2S. The molecule has 0 radical (unpaired) electrons. The van der Waals surface area contributed by atoms with E-state index in [2.05, 4.69) is 11.1 Å². The zero-order valence-corrected chi connectivity index (χ0v) is 15.1. The third-order valence-electron chi connectivity index (χ3n) is 3.55. The Hall–Kier alpha value is -2.39. The predicted molar refractivity (Wildman–Crippen MR) is 93.7 cm³/mol. The maximum Gasteiger partial charge on any atom is 0.264 e. The number of carbonyl (C=O) groups is 1. The number of amides is 1. The first-order valence-electron chi connectivity index (χ1n) is 7.74. The van der Waals surface area contributed by atoms with Gasteiger partial charge in [-0.05, 0) is 25.0 Å². The van der Waals surface area contributed by atoms with Gasteiger partial charge in [0.25, 0.3) is 5.91 Å². The van der Waals surface area contributed by atoms with Gasteiger partial charge in [0.1, 0.15) is 11.8 Å². The van der Waals surface area contributed by atoms with Crippen LogP contribution in [0, 0.1) is 24.2 Å². The molecule has 2 aromatic rings. The second-order valence-corrected chi connectivity index (χ2v) is 7.00. The number of rotatable bonds is 6. The van der Waals surface area contributed by atoms with Gasteiger partial charge in [0.2, 0.25) is 0 Å². The number of nitriles is 1. The van der Waals surface area contributed by atoms with Gasteiger partial charge < -0.3 is 9.64 Å². The van der Waals surface area contributed by atoms with E-state index in [9.17, 15) is 10.1 Å². The molecule has 1 amide bonds. The highest BCUT2D eigenvalue weighted by Gasteiger charge is 2.28. The van der Waals surface area contributed by atoms with Crippen molar-refractivity contribution in [3.8, 4) is 11.8 Å². The van der Waals surface area contributed by atoms with E-state index in [-0.39, 0.29) is 11.8 Å². The van der Waals surface area contributed by atoms with E-state index in [1.807, 2.05) is 26.2 Å². The van der Waals surface area contributed by atoms with Crippen LogP contribution in [0.2, 0.25) is 0 Å². The SMILES string of the molecule is Cc1nc(CN(C)C(=O)C(Oc2ccccc2C#N)C(C)C)cs1. The molecule has 0 N–H and O–H groups in total. The minimum absolute atomic E-state index is 0.0242. The van der Waals surface area contributed by atoms with Gasteiger partial charge >= 0.3 is 0 Å². The Morgan fingerprint density at radius 1 is 1.42 bits per heavy atom. The predicted octanol–water partition coefficient (Wildman–Crippen LogP) is 3.39. The number of hydrogen-bond acceptors (Lipinski definition) is 5. The normalized spacial score (nSPS) is 11.8. The van der Waals surface area contributed by atoms with Crippen LogP contribution >= 0.6 is 11.3 Å². The summed E-state index contributed by atoms with van der Waals surface area (Å²) in [6.45, 7) is 6.24. The van der Waals surface area contributed by atoms with Crippen LogP contribution in [-0.2, 0) is 11.3 Å². The molecule has 0 saturated heterocycles. The summed E-state index contributed by atoms with van der Waals surface area (Å²) in [6, 6.07) is 9.05. The van der Waals surface area contributed by atoms with Gasteiger partial charge in [0, 0.05) is 12.4 Å². The van der Waals surface area contributed by atoms with Gasteiger partial charge in [-0.25, -0.2) is 4.98 Å². The van der Waals surface area contributed by atoms with E-state index in [1.54, 1.807) is 47.5 Å². The molecule has 24 heavy (non-hydrogen) atoms. The number of hydrogen-bond donors (Lipinski definition) is 0. The molecule has 0 spiro atoms. The number of carbonyl (C=O) groups excluding carboxylic acids is 1. The minimum Gasteiger partial charge on any atom is -0.479 e. The standard InChI is InChI=1S/C18H21N3O2S/c1-12(2)17(23-16-8-6-5-7-14(16)9-19)18(22)21(4)10-15-11-24-13(3)20-15/h5-8,11-12,17H,10H2,1-4H3. The Morgan fingerprint density at radius 2 is 2.12 bits per heavy atom. The summed E-state index contributed by atoms with van der Waals surface area (Å²) < 4.78 is 5.89. The number of aromatic nitrogens is 1. The molecule has 0 aliphatic heterocycles. The summed E-state index contributed by atoms with van der Waals surface area (Å²) in [5.74, 6) is 0.289. The lowest BCUT2D eigenvalue weighted by Gasteiger charge is -2.27. The average Bonchev–Trinajstić information content (AvgIpc) is 2.96. The van der Waals surface area contributed by atoms with Crippen LogP contribution in [0.3, 0.4) is 0 Å². The third-order valence-corrected chi connectivity index (χ3v) is 4.37. The maximum absolute atomic E-state index is 12.8. The smallest absolute Gasteiger partial charge is 0.264 e. The highest BCUT2D eigenvalue weighted by atomic mass is 32.1. The van der Waals surface area contributed by atoms with E-state index in [0.717, 1.165) is 10.7 Å². The first-order valence-corrected chi connectivity index (χ1v) is 8.62. The van der Waals surface area contributed by atoms with Crippen molar-refractivity contribution in [1.82, 2.24) is 9.88 Å². The van der Waals surface area contributed by atoms with Crippen LogP contribution in [0.4, 0.5) is 0 Å². The van der Waals surface area contributed by atoms with Crippen molar-refractivity contribution >= 4 is 17.2 Å². The van der Waals surface area contributed by atoms with Gasteiger partial charge in [-0.15, -0.1) is 11.3 Å². The molecule has 2 rings (SSSR count). The van der Waals surface area contributed by atoms with Crippen LogP contribution in [-0.4, -0.2) is 28.9 Å². The zero-order valence-electron chi connectivity index (χ0n) is 14.3. The Bertz CT molecular complexity index is 749. The number of nitrogens with zero attached hydrogens (tertiary/aromatic N) is 3. The largest absolute Gasteiger partial charge is 0.479 e. The zero-order chi connectivity index (χ0) is 17.7. The summed E-state index contributed by atoms with van der Waals surface area (Å²) >= 11 is 1.56. The number of benzene rings is 1. The van der Waals surface area contributed by atoms with Crippen molar-refractivity contribution in [2.24, 2.45) is 5.92 Å². The Morgan fingerprint density at radius 3 is 2.71 bits per heavy atom. The summed E-state index contributed by atoms with van der Waals surface area (Å²) in [7, 11) is 1.74. The molecule has 1 atom stereocenters. The van der Waals surface area contributed by atoms with Gasteiger partial charge in [0.15, 0.2) is 6.10 Å². The molecule has 0 saturated carbocycles. The molecule has 1 heterocycles. The lowest BCUT2D eigenvalue weighted by atomic mass is 10.1. The molecule has 0 aliphatic rings. The quantitative estimate of drug-likeness (QED) is 0.806. The lowest BCUT2D eigenvalue weighted by Crippen LogP contribution is -2.42. The molecule has 1 aromatic heterocycles. The van der Waals surface area contributed by atoms with Crippen molar-refractivity contribution in [2.75, 3.05) is 7.05 Å². The number of thiazole rings is 1. The third kappa shape index (κ3) is 4.33. The van der Waals surface area contributed by atoms with Crippen molar-refractivity contribution in [1.29, 1.82) is 5.26 Å². The maximum atomic E-state index is 12.8. The van der Waals surface area contributed by atoms with E-state index >= 15 is 0 Å². The molecule has 6 heteroatoms. The fraction of sp³-hybridized carbons (Fsp3) is 0.389. The Kier molecular flexibility index (Phi) is 5.93. The molecule has 0 bridgehead atoms. The van der Waals surface area contributed by atoms with E-state index in [4.69, 9.17) is 4.74 Å². The number of aryl methyl sites for hydroxylation is 1. The van der Waals surface area contributed by atoms with Gasteiger partial charge in [-0.3, -0.25) is 4.79 Å². The fourth-order valence-corrected chi connectivity index (χ4v) is 2.89. The Balaban J connectivity index is 2.14. The monoisotopic (exact) mass is 343 g/mol. The number of ether oxygens (including phenoxy) is 1. The highest BCUT2D eigenvalue weighted by molar-refractivity contribution is 7.09. The Labute approximate surface area is 146 Å². The average molecular weight is 343 g/mol. The molecule has 126 valence electrons. The van der Waals surface area contributed by atoms with Crippen molar-refractivity contribution in [3.05, 3.63) is 45.9 Å². The van der Waals surface area contributed by atoms with E-state index in [0.29, 0.717) is 17.9 Å². The van der Waals surface area contributed by atoms with Gasteiger partial charge in [0.05, 0.1) is 22.8 Å². The molecule has 0 aliphatic carbocycles. The van der Waals surface area contributed by atoms with Crippen molar-refractivity contribution < 1.29 is 9.53 Å². The van der Waals surface area contributed by atoms with Gasteiger partial charge in [-0.2, -0.15) is 5.26 Å². The fourth-order valence-electron chi connectivity index (χ4n) is 2.29. The molecular weight excluding hydrogens is 322 g/mol. The van der Waals surface area contributed by atoms with Crippen molar-refractivity contribution in [2.45, 2.75) is 33.4 Å². The summed E-state index contributed by atoms with van der Waals surface area (Å²) in [4.78, 5) is 18.8. The van der Waals surface area contributed by atoms with Gasteiger partial charge in [-0.1, -0.05) is 26.0 Å². The van der Waals surface area contributed by atoms with E-state index < -0.39 is 6.10 Å². The van der Waals surface area contributed by atoms with E-state index in [1.165, 1.54) is 0 Å². The van der Waals surface area contributed by atoms with Crippen LogP contribution in [0.5, 0.6) is 5.75 Å². The molecule has 1 unspecified atom stereocenters. The van der Waals surface area contributed by atoms with Crippen LogP contribution < -0.4 is 4.74 Å². The van der Waals surface area contributed by atoms with Crippen LogP contribution in [0.25, 0.3) is 0 Å². The molecule has 1 aromatic carbocycles.